The minimum atomic E-state index is -0.0133. The van der Waals surface area contributed by atoms with Crippen LogP contribution >= 0.6 is 27.3 Å². The average molecular weight is 449 g/mol. The molecule has 1 aromatic carbocycles. The van der Waals surface area contributed by atoms with Gasteiger partial charge in [0.05, 0.1) is 18.1 Å². The summed E-state index contributed by atoms with van der Waals surface area (Å²) >= 11 is 4.94. The number of halogens is 1. The van der Waals surface area contributed by atoms with E-state index < -0.39 is 0 Å². The van der Waals surface area contributed by atoms with Gasteiger partial charge in [-0.25, -0.2) is 4.98 Å². The maximum atomic E-state index is 13.2. The number of nitrogens with zero attached hydrogens (tertiary/aromatic N) is 3. The van der Waals surface area contributed by atoms with Crippen LogP contribution in [0.3, 0.4) is 0 Å². The van der Waals surface area contributed by atoms with E-state index in [1.165, 1.54) is 11.3 Å². The van der Waals surface area contributed by atoms with Crippen LogP contribution in [0.5, 0.6) is 5.75 Å². The molecule has 1 aliphatic rings. The first-order chi connectivity index (χ1) is 13.1. The van der Waals surface area contributed by atoms with Gasteiger partial charge in [-0.15, -0.1) is 11.3 Å². The second-order valence-corrected chi connectivity index (χ2v) is 8.49. The molecule has 2 N–H and O–H groups in total. The summed E-state index contributed by atoms with van der Waals surface area (Å²) in [5.74, 6) is 1.49. The number of hydrogen-bond donors (Lipinski definition) is 1. The predicted octanol–water partition coefficient (Wildman–Crippen LogP) is 3.20. The van der Waals surface area contributed by atoms with Gasteiger partial charge in [0, 0.05) is 24.5 Å². The second kappa shape index (κ2) is 7.61. The lowest BCUT2D eigenvalue weighted by Crippen LogP contribution is -2.45. The smallest absolute Gasteiger partial charge is 0.273 e. The lowest BCUT2D eigenvalue weighted by molar-refractivity contribution is 0.414. The van der Waals surface area contributed by atoms with Crippen LogP contribution in [-0.4, -0.2) is 35.8 Å². The Kier molecular flexibility index (Phi) is 5.21. The van der Waals surface area contributed by atoms with Gasteiger partial charge in [-0.3, -0.25) is 9.36 Å². The van der Waals surface area contributed by atoms with E-state index in [-0.39, 0.29) is 11.6 Å². The minimum absolute atomic E-state index is 0.0133. The second-order valence-electron chi connectivity index (χ2n) is 6.76. The summed E-state index contributed by atoms with van der Waals surface area (Å²) in [4.78, 5) is 20.2. The fourth-order valence-corrected chi connectivity index (χ4v) is 4.96. The van der Waals surface area contributed by atoms with E-state index in [0.717, 1.165) is 40.7 Å². The molecule has 0 aliphatic carbocycles. The number of aromatic nitrogens is 2. The van der Waals surface area contributed by atoms with E-state index >= 15 is 0 Å². The highest BCUT2D eigenvalue weighted by atomic mass is 79.9. The first-order valence-corrected chi connectivity index (χ1v) is 10.5. The lowest BCUT2D eigenvalue weighted by Gasteiger charge is -2.33. The maximum absolute atomic E-state index is 13.2. The van der Waals surface area contributed by atoms with Crippen molar-refractivity contribution in [3.8, 4) is 5.75 Å². The van der Waals surface area contributed by atoms with E-state index in [1.807, 2.05) is 29.6 Å². The number of thiophene rings is 1. The molecule has 1 saturated heterocycles. The SMILES string of the molecule is COc1ccc(Cn2c(N3CCCC(N)C3)nc3c(Br)csc3c2=O)cc1. The van der Waals surface area contributed by atoms with Gasteiger partial charge in [-0.05, 0) is 46.5 Å². The van der Waals surface area contributed by atoms with Gasteiger partial charge >= 0.3 is 0 Å². The van der Waals surface area contributed by atoms with Crippen LogP contribution < -0.4 is 20.9 Å². The van der Waals surface area contributed by atoms with Crippen molar-refractivity contribution in [1.29, 1.82) is 0 Å². The van der Waals surface area contributed by atoms with Gasteiger partial charge in [0.1, 0.15) is 16.0 Å². The van der Waals surface area contributed by atoms with Crippen molar-refractivity contribution in [2.45, 2.75) is 25.4 Å². The molecule has 0 spiro atoms. The van der Waals surface area contributed by atoms with Crippen molar-refractivity contribution in [3.05, 3.63) is 50.0 Å². The molecule has 4 rings (SSSR count). The lowest BCUT2D eigenvalue weighted by atomic mass is 10.1. The number of benzene rings is 1. The van der Waals surface area contributed by atoms with E-state index in [0.29, 0.717) is 23.7 Å². The minimum Gasteiger partial charge on any atom is -0.497 e. The zero-order valence-electron chi connectivity index (χ0n) is 15.0. The molecule has 142 valence electrons. The van der Waals surface area contributed by atoms with Crippen LogP contribution in [0.25, 0.3) is 10.2 Å². The summed E-state index contributed by atoms with van der Waals surface area (Å²) in [5, 5.41) is 1.92. The first-order valence-electron chi connectivity index (χ1n) is 8.88. The van der Waals surface area contributed by atoms with Crippen LogP contribution in [0.15, 0.2) is 38.9 Å². The van der Waals surface area contributed by atoms with Crippen molar-refractivity contribution in [3.63, 3.8) is 0 Å². The van der Waals surface area contributed by atoms with Crippen molar-refractivity contribution in [2.24, 2.45) is 5.73 Å². The Balaban J connectivity index is 1.81. The fourth-order valence-electron chi connectivity index (χ4n) is 3.45. The zero-order valence-corrected chi connectivity index (χ0v) is 17.4. The third-order valence-electron chi connectivity index (χ3n) is 4.85. The Morgan fingerprint density at radius 3 is 2.85 bits per heavy atom. The van der Waals surface area contributed by atoms with E-state index in [4.69, 9.17) is 15.5 Å². The highest BCUT2D eigenvalue weighted by Crippen LogP contribution is 2.29. The molecule has 1 aliphatic heterocycles. The number of anilines is 1. The molecule has 8 heteroatoms. The number of piperidine rings is 1. The van der Waals surface area contributed by atoms with Gasteiger partial charge in [0.2, 0.25) is 5.95 Å². The monoisotopic (exact) mass is 448 g/mol. The number of fused-ring (bicyclic) bond motifs is 1. The zero-order chi connectivity index (χ0) is 19.0. The molecular weight excluding hydrogens is 428 g/mol. The van der Waals surface area contributed by atoms with E-state index in [9.17, 15) is 4.79 Å². The van der Waals surface area contributed by atoms with Gasteiger partial charge in [-0.2, -0.15) is 0 Å². The molecule has 1 atom stereocenters. The number of nitrogens with two attached hydrogens (primary N) is 1. The average Bonchev–Trinajstić information content (AvgIpc) is 3.05. The standard InChI is InChI=1S/C19H21BrN4O2S/c1-26-14-6-4-12(5-7-14)9-24-18(25)17-16(15(20)11-27-17)22-19(24)23-8-2-3-13(21)10-23/h4-7,11,13H,2-3,8-10,21H2,1H3. The molecular formula is C19H21BrN4O2S. The van der Waals surface area contributed by atoms with Crippen LogP contribution in [0.4, 0.5) is 5.95 Å². The summed E-state index contributed by atoms with van der Waals surface area (Å²) in [6.07, 6.45) is 2.01. The van der Waals surface area contributed by atoms with Crippen molar-refractivity contribution in [1.82, 2.24) is 9.55 Å². The Bertz CT molecular complexity index is 1010. The maximum Gasteiger partial charge on any atom is 0.273 e. The quantitative estimate of drug-likeness (QED) is 0.663. The van der Waals surface area contributed by atoms with Crippen molar-refractivity contribution < 1.29 is 4.74 Å². The van der Waals surface area contributed by atoms with E-state index in [1.54, 1.807) is 11.7 Å². The summed E-state index contributed by atoms with van der Waals surface area (Å²) in [5.41, 5.74) is 7.92. The normalized spacial score (nSPS) is 17.4. The molecule has 3 heterocycles. The Labute approximate surface area is 169 Å². The number of rotatable bonds is 4. The summed E-state index contributed by atoms with van der Waals surface area (Å²) in [7, 11) is 1.64. The summed E-state index contributed by atoms with van der Waals surface area (Å²) < 4.78 is 8.52. The Hall–Kier alpha value is -1.90. The molecule has 6 nitrogen and oxygen atoms in total. The molecule has 2 aromatic heterocycles. The fraction of sp³-hybridized carbons (Fsp3) is 0.368. The predicted molar refractivity (Wildman–Crippen MR) is 113 cm³/mol. The topological polar surface area (TPSA) is 73.4 Å². The van der Waals surface area contributed by atoms with Gasteiger partial charge in [0.15, 0.2) is 0 Å². The molecule has 27 heavy (non-hydrogen) atoms. The third-order valence-corrected chi connectivity index (χ3v) is 6.72. The molecule has 1 fully saturated rings. The number of methoxy groups -OCH3 is 1. The van der Waals surface area contributed by atoms with Gasteiger partial charge < -0.3 is 15.4 Å². The third kappa shape index (κ3) is 3.61. The highest BCUT2D eigenvalue weighted by molar-refractivity contribution is 9.10. The summed E-state index contributed by atoms with van der Waals surface area (Å²) in [6.45, 7) is 2.03. The van der Waals surface area contributed by atoms with Crippen molar-refractivity contribution in [2.75, 3.05) is 25.1 Å². The Morgan fingerprint density at radius 1 is 1.37 bits per heavy atom. The summed E-state index contributed by atoms with van der Waals surface area (Å²) in [6, 6.07) is 7.87. The highest BCUT2D eigenvalue weighted by Gasteiger charge is 2.23. The van der Waals surface area contributed by atoms with Crippen molar-refractivity contribution >= 4 is 43.4 Å². The van der Waals surface area contributed by atoms with Crippen LogP contribution in [0.1, 0.15) is 18.4 Å². The van der Waals surface area contributed by atoms with Gasteiger partial charge in [-0.1, -0.05) is 12.1 Å². The molecule has 3 aromatic rings. The Morgan fingerprint density at radius 2 is 2.15 bits per heavy atom. The largest absolute Gasteiger partial charge is 0.497 e. The molecule has 0 radical (unpaired) electrons. The van der Waals surface area contributed by atoms with Gasteiger partial charge in [0.25, 0.3) is 5.56 Å². The molecule has 0 amide bonds. The number of ether oxygens (including phenoxy) is 1. The molecule has 0 saturated carbocycles. The molecule has 0 bridgehead atoms. The van der Waals surface area contributed by atoms with Crippen LogP contribution in [0.2, 0.25) is 0 Å². The van der Waals surface area contributed by atoms with Crippen LogP contribution in [-0.2, 0) is 6.54 Å². The van der Waals surface area contributed by atoms with Crippen LogP contribution in [0, 0.1) is 0 Å². The van der Waals surface area contributed by atoms with E-state index in [2.05, 4.69) is 20.8 Å². The molecule has 1 unspecified atom stereocenters. The number of hydrogen-bond acceptors (Lipinski definition) is 6. The first kappa shape index (κ1) is 18.5.